The second-order valence-electron chi connectivity index (χ2n) is 3.76. The molecule has 2 aromatic rings. The van der Waals surface area contributed by atoms with Crippen molar-refractivity contribution in [2.45, 2.75) is 19.1 Å². The van der Waals surface area contributed by atoms with Gasteiger partial charge in [0.2, 0.25) is 0 Å². The van der Waals surface area contributed by atoms with Gasteiger partial charge in [0.1, 0.15) is 23.2 Å². The molecule has 0 unspecified atom stereocenters. The molecule has 0 saturated carbocycles. The van der Waals surface area contributed by atoms with Crippen molar-refractivity contribution in [1.29, 1.82) is 0 Å². The first-order valence-electron chi connectivity index (χ1n) is 5.34. The third kappa shape index (κ3) is 2.34. The van der Waals surface area contributed by atoms with Crippen molar-refractivity contribution >= 4 is 11.8 Å². The summed E-state index contributed by atoms with van der Waals surface area (Å²) in [5.74, 6) is 1.15. The van der Waals surface area contributed by atoms with E-state index in [1.165, 1.54) is 6.07 Å². The first-order valence-corrected chi connectivity index (χ1v) is 6.63. The van der Waals surface area contributed by atoms with E-state index in [4.69, 9.17) is 0 Å². The molecule has 0 saturated heterocycles. The van der Waals surface area contributed by atoms with Gasteiger partial charge in [-0.15, -0.1) is 0 Å². The standard InChI is InChI=1S/C12H14FN3S/c1-8(17-3)12-14-9(2)15-16(12)11-7-5-4-6-10(11)13/h4-8H,1-3H3/t8-/m1/s1. The summed E-state index contributed by atoms with van der Waals surface area (Å²) in [6.45, 7) is 3.85. The number of para-hydroxylation sites is 1. The summed E-state index contributed by atoms with van der Waals surface area (Å²) >= 11 is 1.66. The fourth-order valence-electron chi connectivity index (χ4n) is 1.60. The van der Waals surface area contributed by atoms with Gasteiger partial charge in [-0.3, -0.25) is 0 Å². The number of aromatic nitrogens is 3. The summed E-state index contributed by atoms with van der Waals surface area (Å²) in [7, 11) is 0. The minimum atomic E-state index is -0.285. The Morgan fingerprint density at radius 2 is 2.06 bits per heavy atom. The molecule has 0 radical (unpaired) electrons. The van der Waals surface area contributed by atoms with Gasteiger partial charge >= 0.3 is 0 Å². The van der Waals surface area contributed by atoms with E-state index in [9.17, 15) is 4.39 Å². The summed E-state index contributed by atoms with van der Waals surface area (Å²) in [4.78, 5) is 4.36. The second kappa shape index (κ2) is 4.87. The molecule has 1 aromatic carbocycles. The Balaban J connectivity index is 2.56. The van der Waals surface area contributed by atoms with Crippen molar-refractivity contribution < 1.29 is 4.39 Å². The maximum Gasteiger partial charge on any atom is 0.148 e. The third-order valence-corrected chi connectivity index (χ3v) is 3.45. The molecule has 1 heterocycles. The van der Waals surface area contributed by atoms with Crippen LogP contribution in [0, 0.1) is 12.7 Å². The summed E-state index contributed by atoms with van der Waals surface area (Å²) in [5.41, 5.74) is 0.448. The maximum atomic E-state index is 13.7. The van der Waals surface area contributed by atoms with Crippen molar-refractivity contribution in [1.82, 2.24) is 14.8 Å². The molecule has 0 bridgehead atoms. The Morgan fingerprint density at radius 3 is 2.71 bits per heavy atom. The zero-order chi connectivity index (χ0) is 12.4. The van der Waals surface area contributed by atoms with E-state index in [-0.39, 0.29) is 11.1 Å². The minimum absolute atomic E-state index is 0.177. The molecule has 0 aliphatic carbocycles. The number of rotatable bonds is 3. The Kier molecular flexibility index (Phi) is 3.47. The molecule has 0 N–H and O–H groups in total. The molecule has 17 heavy (non-hydrogen) atoms. The molecule has 0 amide bonds. The normalized spacial score (nSPS) is 12.7. The average molecular weight is 251 g/mol. The van der Waals surface area contributed by atoms with Crippen LogP contribution in [0.2, 0.25) is 0 Å². The first-order chi connectivity index (χ1) is 8.13. The van der Waals surface area contributed by atoms with E-state index in [1.54, 1.807) is 34.6 Å². The van der Waals surface area contributed by atoms with Gasteiger partial charge in [0.25, 0.3) is 0 Å². The van der Waals surface area contributed by atoms with Crippen LogP contribution in [0.25, 0.3) is 5.69 Å². The van der Waals surface area contributed by atoms with Crippen LogP contribution in [0.3, 0.4) is 0 Å². The topological polar surface area (TPSA) is 30.7 Å². The molecule has 0 spiro atoms. The Hall–Kier alpha value is -1.36. The van der Waals surface area contributed by atoms with Crippen LogP contribution < -0.4 is 0 Å². The number of thioether (sulfide) groups is 1. The summed E-state index contributed by atoms with van der Waals surface area (Å²) in [6.07, 6.45) is 2.00. The highest BCUT2D eigenvalue weighted by Gasteiger charge is 2.17. The predicted octanol–water partition coefficient (Wildman–Crippen LogP) is 3.14. The lowest BCUT2D eigenvalue weighted by molar-refractivity contribution is 0.605. The van der Waals surface area contributed by atoms with Gasteiger partial charge in [0, 0.05) is 0 Å². The molecular weight excluding hydrogens is 237 g/mol. The van der Waals surface area contributed by atoms with Crippen LogP contribution in [0.1, 0.15) is 23.8 Å². The Labute approximate surface area is 104 Å². The van der Waals surface area contributed by atoms with Gasteiger partial charge in [0.15, 0.2) is 0 Å². The van der Waals surface area contributed by atoms with Gasteiger partial charge in [-0.25, -0.2) is 14.1 Å². The van der Waals surface area contributed by atoms with Crippen LogP contribution in [-0.2, 0) is 0 Å². The van der Waals surface area contributed by atoms with Crippen molar-refractivity contribution in [3.8, 4) is 5.69 Å². The lowest BCUT2D eigenvalue weighted by Gasteiger charge is -2.10. The van der Waals surface area contributed by atoms with Gasteiger partial charge in [0.05, 0.1) is 5.25 Å². The number of aryl methyl sites for hydroxylation is 1. The van der Waals surface area contributed by atoms with Gasteiger partial charge in [-0.1, -0.05) is 12.1 Å². The van der Waals surface area contributed by atoms with Gasteiger partial charge < -0.3 is 0 Å². The Morgan fingerprint density at radius 1 is 1.35 bits per heavy atom. The van der Waals surface area contributed by atoms with Crippen LogP contribution in [0.5, 0.6) is 0 Å². The number of hydrogen-bond donors (Lipinski definition) is 0. The van der Waals surface area contributed by atoms with Gasteiger partial charge in [-0.05, 0) is 32.2 Å². The van der Waals surface area contributed by atoms with Crippen molar-refractivity contribution in [2.75, 3.05) is 6.26 Å². The highest BCUT2D eigenvalue weighted by molar-refractivity contribution is 7.98. The van der Waals surface area contributed by atoms with Crippen LogP contribution in [0.4, 0.5) is 4.39 Å². The number of nitrogens with zero attached hydrogens (tertiary/aromatic N) is 3. The molecule has 0 fully saturated rings. The van der Waals surface area contributed by atoms with E-state index in [0.29, 0.717) is 11.5 Å². The highest BCUT2D eigenvalue weighted by Crippen LogP contribution is 2.26. The summed E-state index contributed by atoms with van der Waals surface area (Å²) < 4.78 is 15.3. The number of benzene rings is 1. The van der Waals surface area contributed by atoms with E-state index in [1.807, 2.05) is 20.1 Å². The first kappa shape index (κ1) is 12.1. The van der Waals surface area contributed by atoms with Crippen LogP contribution in [-0.4, -0.2) is 21.0 Å². The molecule has 0 aliphatic heterocycles. The van der Waals surface area contributed by atoms with Crippen molar-refractivity contribution in [3.63, 3.8) is 0 Å². The van der Waals surface area contributed by atoms with Crippen molar-refractivity contribution in [3.05, 3.63) is 41.7 Å². The van der Waals surface area contributed by atoms with Crippen LogP contribution in [0.15, 0.2) is 24.3 Å². The maximum absolute atomic E-state index is 13.7. The van der Waals surface area contributed by atoms with Crippen LogP contribution >= 0.6 is 11.8 Å². The monoisotopic (exact) mass is 251 g/mol. The van der Waals surface area contributed by atoms with E-state index >= 15 is 0 Å². The third-order valence-electron chi connectivity index (χ3n) is 2.54. The number of hydrogen-bond acceptors (Lipinski definition) is 3. The lowest BCUT2D eigenvalue weighted by atomic mass is 10.3. The lowest BCUT2D eigenvalue weighted by Crippen LogP contribution is -2.06. The largest absolute Gasteiger partial charge is 0.215 e. The van der Waals surface area contributed by atoms with E-state index in [2.05, 4.69) is 10.1 Å². The zero-order valence-corrected chi connectivity index (χ0v) is 10.8. The molecule has 1 atom stereocenters. The van der Waals surface area contributed by atoms with Crippen molar-refractivity contribution in [2.24, 2.45) is 0 Å². The fourth-order valence-corrected chi connectivity index (χ4v) is 1.96. The van der Waals surface area contributed by atoms with E-state index in [0.717, 1.165) is 5.82 Å². The smallest absolute Gasteiger partial charge is 0.148 e. The highest BCUT2D eigenvalue weighted by atomic mass is 32.2. The SMILES string of the molecule is CS[C@H](C)c1nc(C)nn1-c1ccccc1F. The minimum Gasteiger partial charge on any atom is -0.215 e. The molecule has 0 aliphatic rings. The Bertz CT molecular complexity index is 524. The molecular formula is C12H14FN3S. The quantitative estimate of drug-likeness (QED) is 0.839. The summed E-state index contributed by atoms with van der Waals surface area (Å²) in [5, 5.41) is 4.44. The summed E-state index contributed by atoms with van der Waals surface area (Å²) in [6, 6.07) is 6.60. The fraction of sp³-hybridized carbons (Fsp3) is 0.333. The molecule has 5 heteroatoms. The average Bonchev–Trinajstić information content (AvgIpc) is 2.71. The van der Waals surface area contributed by atoms with E-state index < -0.39 is 0 Å². The number of halogens is 1. The molecule has 1 aromatic heterocycles. The molecule has 3 nitrogen and oxygen atoms in total. The predicted molar refractivity (Wildman–Crippen MR) is 68.0 cm³/mol. The molecule has 90 valence electrons. The zero-order valence-electron chi connectivity index (χ0n) is 10.0. The molecule has 2 rings (SSSR count). The van der Waals surface area contributed by atoms with Gasteiger partial charge in [-0.2, -0.15) is 16.9 Å². The second-order valence-corrected chi connectivity index (χ2v) is 4.94.